The molecule has 0 aromatic heterocycles. The molecule has 22 heavy (non-hydrogen) atoms. The van der Waals surface area contributed by atoms with Gasteiger partial charge in [0.2, 0.25) is 0 Å². The van der Waals surface area contributed by atoms with E-state index in [0.717, 1.165) is 12.8 Å². The molecular weight excluding hydrogens is 298 g/mol. The highest BCUT2D eigenvalue weighted by atomic mass is 35.5. The van der Waals surface area contributed by atoms with Gasteiger partial charge in [0, 0.05) is 10.6 Å². The number of ether oxygens (including phenoxy) is 1. The number of anilines is 1. The number of carbonyl (C=O) groups excluding carboxylic acids is 1. The van der Waals surface area contributed by atoms with Crippen molar-refractivity contribution in [1.82, 2.24) is 0 Å². The summed E-state index contributed by atoms with van der Waals surface area (Å²) in [4.78, 5) is 12.5. The van der Waals surface area contributed by atoms with Gasteiger partial charge in [0.25, 0.3) is 5.91 Å². The number of methoxy groups -OCH3 is 1. The third-order valence-electron chi connectivity index (χ3n) is 4.02. The van der Waals surface area contributed by atoms with Gasteiger partial charge in [-0.25, -0.2) is 0 Å². The SMILES string of the molecule is COc1ccc(Cl)cc1NC(=O)c1ccc2c(c1)CCCC2. The first kappa shape index (κ1) is 14.9. The fraction of sp³-hybridized carbons (Fsp3) is 0.278. The number of hydrogen-bond acceptors (Lipinski definition) is 2. The first-order valence-corrected chi connectivity index (χ1v) is 7.82. The number of halogens is 1. The summed E-state index contributed by atoms with van der Waals surface area (Å²) < 4.78 is 5.25. The van der Waals surface area contributed by atoms with Crippen molar-refractivity contribution in [3.05, 3.63) is 58.1 Å². The Balaban J connectivity index is 1.84. The van der Waals surface area contributed by atoms with Crippen LogP contribution in [0.5, 0.6) is 5.75 Å². The summed E-state index contributed by atoms with van der Waals surface area (Å²) in [7, 11) is 1.57. The summed E-state index contributed by atoms with van der Waals surface area (Å²) in [5.41, 5.74) is 3.90. The van der Waals surface area contributed by atoms with Gasteiger partial charge in [-0.05, 0) is 67.1 Å². The molecule has 3 rings (SSSR count). The molecule has 0 heterocycles. The smallest absolute Gasteiger partial charge is 0.255 e. The van der Waals surface area contributed by atoms with E-state index >= 15 is 0 Å². The molecule has 0 bridgehead atoms. The first-order valence-electron chi connectivity index (χ1n) is 7.44. The second kappa shape index (κ2) is 6.41. The lowest BCUT2D eigenvalue weighted by atomic mass is 9.90. The van der Waals surface area contributed by atoms with Gasteiger partial charge in [0.05, 0.1) is 12.8 Å². The van der Waals surface area contributed by atoms with E-state index in [-0.39, 0.29) is 5.91 Å². The number of rotatable bonds is 3. The molecule has 0 unspecified atom stereocenters. The lowest BCUT2D eigenvalue weighted by Gasteiger charge is -2.17. The maximum Gasteiger partial charge on any atom is 0.255 e. The quantitative estimate of drug-likeness (QED) is 0.907. The number of carbonyl (C=O) groups is 1. The Bertz CT molecular complexity index is 712. The summed E-state index contributed by atoms with van der Waals surface area (Å²) in [6.45, 7) is 0. The van der Waals surface area contributed by atoms with Crippen molar-refractivity contribution in [2.24, 2.45) is 0 Å². The van der Waals surface area contributed by atoms with Crippen molar-refractivity contribution in [3.8, 4) is 5.75 Å². The van der Waals surface area contributed by atoms with Crippen molar-refractivity contribution in [2.45, 2.75) is 25.7 Å². The molecule has 0 saturated heterocycles. The summed E-state index contributed by atoms with van der Waals surface area (Å²) in [5, 5.41) is 3.43. The molecule has 2 aromatic rings. The van der Waals surface area contributed by atoms with E-state index in [9.17, 15) is 4.79 Å². The lowest BCUT2D eigenvalue weighted by Crippen LogP contribution is -2.14. The molecule has 0 aliphatic heterocycles. The van der Waals surface area contributed by atoms with Crippen molar-refractivity contribution < 1.29 is 9.53 Å². The summed E-state index contributed by atoms with van der Waals surface area (Å²) in [5.74, 6) is 0.449. The zero-order chi connectivity index (χ0) is 15.5. The molecule has 0 fully saturated rings. The maximum absolute atomic E-state index is 12.5. The molecule has 2 aromatic carbocycles. The third kappa shape index (κ3) is 3.09. The van der Waals surface area contributed by atoms with Crippen LogP contribution in [0.25, 0.3) is 0 Å². The Morgan fingerprint density at radius 2 is 1.86 bits per heavy atom. The first-order chi connectivity index (χ1) is 10.7. The Morgan fingerprint density at radius 3 is 2.64 bits per heavy atom. The molecule has 0 radical (unpaired) electrons. The van der Waals surface area contributed by atoms with Crippen molar-refractivity contribution in [2.75, 3.05) is 12.4 Å². The molecule has 1 aliphatic carbocycles. The highest BCUT2D eigenvalue weighted by molar-refractivity contribution is 6.31. The zero-order valence-electron chi connectivity index (χ0n) is 12.5. The number of aryl methyl sites for hydroxylation is 2. The van der Waals surface area contributed by atoms with Crippen LogP contribution in [-0.4, -0.2) is 13.0 Å². The molecule has 0 spiro atoms. The highest BCUT2D eigenvalue weighted by Crippen LogP contribution is 2.28. The highest BCUT2D eigenvalue weighted by Gasteiger charge is 2.14. The van der Waals surface area contributed by atoms with Gasteiger partial charge in [-0.3, -0.25) is 4.79 Å². The maximum atomic E-state index is 12.5. The molecule has 0 saturated carbocycles. The van der Waals surface area contributed by atoms with Gasteiger partial charge >= 0.3 is 0 Å². The van der Waals surface area contributed by atoms with Gasteiger partial charge in [-0.15, -0.1) is 0 Å². The van der Waals surface area contributed by atoms with Crippen LogP contribution < -0.4 is 10.1 Å². The van der Waals surface area contributed by atoms with Gasteiger partial charge in [0.1, 0.15) is 5.75 Å². The van der Waals surface area contributed by atoms with Crippen LogP contribution in [0.2, 0.25) is 5.02 Å². The Morgan fingerprint density at radius 1 is 1.09 bits per heavy atom. The fourth-order valence-electron chi connectivity index (χ4n) is 2.85. The van der Waals surface area contributed by atoms with Crippen LogP contribution in [-0.2, 0) is 12.8 Å². The van der Waals surface area contributed by atoms with Crippen LogP contribution in [0.3, 0.4) is 0 Å². The van der Waals surface area contributed by atoms with Crippen molar-refractivity contribution in [3.63, 3.8) is 0 Å². The summed E-state index contributed by atoms with van der Waals surface area (Å²) >= 11 is 5.99. The van der Waals surface area contributed by atoms with E-state index < -0.39 is 0 Å². The summed E-state index contributed by atoms with van der Waals surface area (Å²) in [6, 6.07) is 11.1. The number of amides is 1. The molecule has 3 nitrogen and oxygen atoms in total. The Labute approximate surface area is 135 Å². The minimum atomic E-state index is -0.144. The third-order valence-corrected chi connectivity index (χ3v) is 4.26. The predicted octanol–water partition coefficient (Wildman–Crippen LogP) is 4.48. The van der Waals surface area contributed by atoms with Crippen molar-refractivity contribution in [1.29, 1.82) is 0 Å². The van der Waals surface area contributed by atoms with E-state index in [1.54, 1.807) is 25.3 Å². The van der Waals surface area contributed by atoms with Gasteiger partial charge in [-0.2, -0.15) is 0 Å². The number of hydrogen-bond donors (Lipinski definition) is 1. The normalized spacial score (nSPS) is 13.4. The minimum absolute atomic E-state index is 0.144. The monoisotopic (exact) mass is 315 g/mol. The molecule has 4 heteroatoms. The number of nitrogens with one attached hydrogen (secondary N) is 1. The van der Waals surface area contributed by atoms with E-state index in [1.807, 2.05) is 12.1 Å². The van der Waals surface area contributed by atoms with Gasteiger partial charge < -0.3 is 10.1 Å². The van der Waals surface area contributed by atoms with Gasteiger partial charge in [0.15, 0.2) is 0 Å². The topological polar surface area (TPSA) is 38.3 Å². The zero-order valence-corrected chi connectivity index (χ0v) is 13.2. The van der Waals surface area contributed by atoms with Crippen LogP contribution in [0, 0.1) is 0 Å². The largest absolute Gasteiger partial charge is 0.495 e. The average molecular weight is 316 g/mol. The van der Waals surface area contributed by atoms with Crippen LogP contribution >= 0.6 is 11.6 Å². The van der Waals surface area contributed by atoms with E-state index in [0.29, 0.717) is 22.0 Å². The molecule has 1 amide bonds. The molecule has 1 N–H and O–H groups in total. The molecule has 0 atom stereocenters. The summed E-state index contributed by atoms with van der Waals surface area (Å²) in [6.07, 6.45) is 4.59. The van der Waals surface area contributed by atoms with E-state index in [1.165, 1.54) is 24.0 Å². The predicted molar refractivity (Wildman–Crippen MR) is 89.0 cm³/mol. The van der Waals surface area contributed by atoms with Gasteiger partial charge in [-0.1, -0.05) is 17.7 Å². The standard InChI is InChI=1S/C18H18ClNO2/c1-22-17-9-8-15(19)11-16(17)20-18(21)14-7-6-12-4-2-3-5-13(12)10-14/h6-11H,2-5H2,1H3,(H,20,21). The number of benzene rings is 2. The van der Waals surface area contributed by atoms with E-state index in [4.69, 9.17) is 16.3 Å². The van der Waals surface area contributed by atoms with Crippen LogP contribution in [0.15, 0.2) is 36.4 Å². The second-order valence-corrected chi connectivity index (χ2v) is 5.93. The second-order valence-electron chi connectivity index (χ2n) is 5.49. The van der Waals surface area contributed by atoms with Crippen molar-refractivity contribution >= 4 is 23.2 Å². The Hall–Kier alpha value is -2.00. The molecule has 1 aliphatic rings. The lowest BCUT2D eigenvalue weighted by molar-refractivity contribution is 0.102. The molecule has 114 valence electrons. The van der Waals surface area contributed by atoms with Crippen LogP contribution in [0.4, 0.5) is 5.69 Å². The molecular formula is C18H18ClNO2. The number of fused-ring (bicyclic) bond motifs is 1. The average Bonchev–Trinajstić information content (AvgIpc) is 2.54. The van der Waals surface area contributed by atoms with Crippen LogP contribution in [0.1, 0.15) is 34.3 Å². The minimum Gasteiger partial charge on any atom is -0.495 e. The fourth-order valence-corrected chi connectivity index (χ4v) is 3.02. The van der Waals surface area contributed by atoms with E-state index in [2.05, 4.69) is 11.4 Å². The Kier molecular flexibility index (Phi) is 4.34.